The summed E-state index contributed by atoms with van der Waals surface area (Å²) in [4.78, 5) is 4.03. The van der Waals surface area contributed by atoms with Crippen LogP contribution in [0, 0.1) is 0 Å². The predicted octanol–water partition coefficient (Wildman–Crippen LogP) is 2.91. The maximum atomic E-state index is 5.76. The molecule has 2 heterocycles. The fourth-order valence-electron chi connectivity index (χ4n) is 1.98. The van der Waals surface area contributed by atoms with Gasteiger partial charge in [0.15, 0.2) is 0 Å². The smallest absolute Gasteiger partial charge is 0.0351 e. The molecule has 13 heavy (non-hydrogen) atoms. The zero-order valence-corrected chi connectivity index (χ0v) is 9.37. The second kappa shape index (κ2) is 3.99. The molecule has 1 aromatic heterocycles. The molecule has 0 fully saturated rings. The van der Waals surface area contributed by atoms with Gasteiger partial charge in [-0.1, -0.05) is 0 Å². The van der Waals surface area contributed by atoms with Gasteiger partial charge in [0, 0.05) is 29.9 Å². The molecule has 1 aromatic rings. The number of hydrogen-bond acceptors (Lipinski definition) is 2. The molecule has 0 amide bonds. The van der Waals surface area contributed by atoms with Gasteiger partial charge in [0.1, 0.15) is 0 Å². The van der Waals surface area contributed by atoms with Crippen molar-refractivity contribution in [2.75, 3.05) is 19.0 Å². The summed E-state index contributed by atoms with van der Waals surface area (Å²) in [7, 11) is 0. The maximum absolute atomic E-state index is 5.76. The number of alkyl halides is 1. The van der Waals surface area contributed by atoms with Gasteiger partial charge in [-0.05, 0) is 30.4 Å². The minimum absolute atomic E-state index is 0.564. The van der Waals surface area contributed by atoms with Crippen LogP contribution in [0.4, 0.5) is 0 Å². The molecule has 0 radical (unpaired) electrons. The Bertz CT molecular complexity index is 284. The average molecular weight is 216 g/mol. The third-order valence-corrected chi connectivity index (χ3v) is 3.94. The molecule has 0 bridgehead atoms. The van der Waals surface area contributed by atoms with E-state index in [4.69, 9.17) is 11.6 Å². The zero-order chi connectivity index (χ0) is 9.26. The second-order valence-corrected chi connectivity index (χ2v) is 4.83. The Kier molecular flexibility index (Phi) is 2.92. The Labute approximate surface area is 88.3 Å². The highest BCUT2D eigenvalue weighted by molar-refractivity contribution is 7.10. The standard InChI is InChI=1S/C10H14ClNS/c1-8-9-3-7-13-10(9)2-5-12(8)6-4-11/h3,7-8H,2,4-6H2,1H3. The molecule has 1 nitrogen and oxygen atoms in total. The first-order valence-electron chi connectivity index (χ1n) is 4.69. The van der Waals surface area contributed by atoms with E-state index in [1.807, 2.05) is 11.3 Å². The van der Waals surface area contributed by atoms with Gasteiger partial charge in [0.25, 0.3) is 0 Å². The Hall–Kier alpha value is -0.0500. The minimum Gasteiger partial charge on any atom is -0.295 e. The first kappa shape index (κ1) is 9.50. The summed E-state index contributed by atoms with van der Waals surface area (Å²) >= 11 is 7.65. The molecule has 0 saturated heterocycles. The summed E-state index contributed by atoms with van der Waals surface area (Å²) in [5.74, 6) is 0.740. The van der Waals surface area contributed by atoms with E-state index in [0.717, 1.165) is 12.4 Å². The van der Waals surface area contributed by atoms with Crippen LogP contribution in [0.1, 0.15) is 23.4 Å². The molecule has 3 heteroatoms. The molecule has 0 spiro atoms. The SMILES string of the molecule is CC1c2ccsc2CCN1CCCl. The summed E-state index contributed by atoms with van der Waals surface area (Å²) < 4.78 is 0. The lowest BCUT2D eigenvalue weighted by molar-refractivity contribution is 0.213. The molecule has 0 aliphatic carbocycles. The lowest BCUT2D eigenvalue weighted by atomic mass is 10.0. The Morgan fingerprint density at radius 3 is 3.31 bits per heavy atom. The van der Waals surface area contributed by atoms with Crippen molar-refractivity contribution in [2.45, 2.75) is 19.4 Å². The van der Waals surface area contributed by atoms with Gasteiger partial charge in [-0.3, -0.25) is 4.90 Å². The van der Waals surface area contributed by atoms with Gasteiger partial charge < -0.3 is 0 Å². The van der Waals surface area contributed by atoms with Gasteiger partial charge in [-0.15, -0.1) is 22.9 Å². The van der Waals surface area contributed by atoms with Crippen LogP contribution in [0.5, 0.6) is 0 Å². The van der Waals surface area contributed by atoms with E-state index >= 15 is 0 Å². The third kappa shape index (κ3) is 1.76. The van der Waals surface area contributed by atoms with E-state index in [1.165, 1.54) is 18.5 Å². The highest BCUT2D eigenvalue weighted by Crippen LogP contribution is 2.32. The van der Waals surface area contributed by atoms with Crippen LogP contribution in [-0.2, 0) is 6.42 Å². The lowest BCUT2D eigenvalue weighted by Gasteiger charge is -2.32. The van der Waals surface area contributed by atoms with Crippen molar-refractivity contribution in [1.82, 2.24) is 4.90 Å². The van der Waals surface area contributed by atoms with Crippen molar-refractivity contribution in [3.05, 3.63) is 21.9 Å². The van der Waals surface area contributed by atoms with E-state index < -0.39 is 0 Å². The topological polar surface area (TPSA) is 3.24 Å². The van der Waals surface area contributed by atoms with Crippen LogP contribution in [-0.4, -0.2) is 23.9 Å². The molecule has 2 rings (SSSR count). The van der Waals surface area contributed by atoms with Crippen molar-refractivity contribution in [3.63, 3.8) is 0 Å². The number of halogens is 1. The van der Waals surface area contributed by atoms with Crippen molar-refractivity contribution < 1.29 is 0 Å². The van der Waals surface area contributed by atoms with Crippen LogP contribution < -0.4 is 0 Å². The van der Waals surface area contributed by atoms with Crippen molar-refractivity contribution in [1.29, 1.82) is 0 Å². The van der Waals surface area contributed by atoms with Gasteiger partial charge in [-0.2, -0.15) is 0 Å². The van der Waals surface area contributed by atoms with Crippen LogP contribution in [0.3, 0.4) is 0 Å². The molecule has 1 aliphatic rings. The summed E-state index contributed by atoms with van der Waals surface area (Å²) in [5.41, 5.74) is 1.52. The van der Waals surface area contributed by atoms with Crippen LogP contribution >= 0.6 is 22.9 Å². The summed E-state index contributed by atoms with van der Waals surface area (Å²) in [6, 6.07) is 2.82. The van der Waals surface area contributed by atoms with Crippen LogP contribution in [0.15, 0.2) is 11.4 Å². The average Bonchev–Trinajstić information content (AvgIpc) is 2.58. The third-order valence-electron chi connectivity index (χ3n) is 2.78. The van der Waals surface area contributed by atoms with Gasteiger partial charge in [-0.25, -0.2) is 0 Å². The number of hydrogen-bond donors (Lipinski definition) is 0. The lowest BCUT2D eigenvalue weighted by Crippen LogP contribution is -2.34. The number of thiophene rings is 1. The first-order valence-corrected chi connectivity index (χ1v) is 6.10. The maximum Gasteiger partial charge on any atom is 0.0351 e. The first-order chi connectivity index (χ1) is 6.33. The summed E-state index contributed by atoms with van der Waals surface area (Å²) in [6.07, 6.45) is 1.20. The van der Waals surface area contributed by atoms with Crippen LogP contribution in [0.25, 0.3) is 0 Å². The largest absolute Gasteiger partial charge is 0.295 e. The van der Waals surface area contributed by atoms with Crippen molar-refractivity contribution >= 4 is 22.9 Å². The fourth-order valence-corrected chi connectivity index (χ4v) is 3.16. The Morgan fingerprint density at radius 2 is 2.54 bits per heavy atom. The number of fused-ring (bicyclic) bond motifs is 1. The number of rotatable bonds is 2. The van der Waals surface area contributed by atoms with E-state index in [2.05, 4.69) is 23.3 Å². The van der Waals surface area contributed by atoms with Crippen molar-refractivity contribution in [3.8, 4) is 0 Å². The molecule has 1 unspecified atom stereocenters. The minimum atomic E-state index is 0.564. The molecule has 0 aromatic carbocycles. The number of nitrogens with zero attached hydrogens (tertiary/aromatic N) is 1. The molecule has 1 atom stereocenters. The highest BCUT2D eigenvalue weighted by Gasteiger charge is 2.23. The molecular weight excluding hydrogens is 202 g/mol. The van der Waals surface area contributed by atoms with Gasteiger partial charge >= 0.3 is 0 Å². The van der Waals surface area contributed by atoms with E-state index in [-0.39, 0.29) is 0 Å². The Balaban J connectivity index is 2.17. The Morgan fingerprint density at radius 1 is 1.69 bits per heavy atom. The summed E-state index contributed by atoms with van der Waals surface area (Å²) in [6.45, 7) is 4.46. The predicted molar refractivity (Wildman–Crippen MR) is 58.7 cm³/mol. The monoisotopic (exact) mass is 215 g/mol. The van der Waals surface area contributed by atoms with Gasteiger partial charge in [0.2, 0.25) is 0 Å². The van der Waals surface area contributed by atoms with Crippen molar-refractivity contribution in [2.24, 2.45) is 0 Å². The quantitative estimate of drug-likeness (QED) is 0.686. The second-order valence-electron chi connectivity index (χ2n) is 3.45. The van der Waals surface area contributed by atoms with Crippen LogP contribution in [0.2, 0.25) is 0 Å². The molecule has 0 saturated carbocycles. The van der Waals surface area contributed by atoms with Gasteiger partial charge in [0.05, 0.1) is 0 Å². The molecular formula is C10H14ClNS. The normalized spacial score (nSPS) is 23.1. The highest BCUT2D eigenvalue weighted by atomic mass is 35.5. The molecule has 72 valence electrons. The van der Waals surface area contributed by atoms with E-state index in [1.54, 1.807) is 4.88 Å². The molecule has 1 aliphatic heterocycles. The fraction of sp³-hybridized carbons (Fsp3) is 0.600. The molecule has 0 N–H and O–H groups in total. The van der Waals surface area contributed by atoms with E-state index in [0.29, 0.717) is 6.04 Å². The zero-order valence-electron chi connectivity index (χ0n) is 7.79. The summed E-state index contributed by atoms with van der Waals surface area (Å²) in [5, 5.41) is 2.20. The van der Waals surface area contributed by atoms with E-state index in [9.17, 15) is 0 Å².